The molecule has 88 valence electrons. The SMILES string of the molecule is CCC(NC(=O)C(F)Cl)(C(N)=O)C(C)C. The summed E-state index contributed by atoms with van der Waals surface area (Å²) >= 11 is 4.97. The molecule has 0 fully saturated rings. The van der Waals surface area contributed by atoms with Crippen LogP contribution in [0.1, 0.15) is 27.2 Å². The van der Waals surface area contributed by atoms with Crippen molar-refractivity contribution in [3.8, 4) is 0 Å². The molecule has 0 aromatic rings. The Labute approximate surface area is 93.3 Å². The molecule has 0 aromatic carbocycles. The highest BCUT2D eigenvalue weighted by atomic mass is 35.5. The van der Waals surface area contributed by atoms with Crippen molar-refractivity contribution < 1.29 is 14.0 Å². The van der Waals surface area contributed by atoms with Crippen LogP contribution in [0.15, 0.2) is 0 Å². The normalized spacial score (nSPS) is 16.9. The second-order valence-electron chi connectivity index (χ2n) is 3.63. The van der Waals surface area contributed by atoms with Crippen molar-refractivity contribution in [2.24, 2.45) is 11.7 Å². The number of nitrogens with two attached hydrogens (primary N) is 1. The minimum atomic E-state index is -2.17. The molecule has 2 unspecified atom stereocenters. The molecular formula is C9H16ClFN2O2. The monoisotopic (exact) mass is 238 g/mol. The van der Waals surface area contributed by atoms with Crippen LogP contribution in [0.25, 0.3) is 0 Å². The maximum Gasteiger partial charge on any atom is 0.271 e. The Bertz CT molecular complexity index is 258. The average molecular weight is 239 g/mol. The Morgan fingerprint density at radius 2 is 2.00 bits per heavy atom. The van der Waals surface area contributed by atoms with Crippen LogP contribution in [0, 0.1) is 5.92 Å². The van der Waals surface area contributed by atoms with Crippen molar-refractivity contribution in [2.75, 3.05) is 0 Å². The predicted octanol–water partition coefficient (Wildman–Crippen LogP) is 0.927. The van der Waals surface area contributed by atoms with Crippen LogP contribution < -0.4 is 11.1 Å². The average Bonchev–Trinajstić information content (AvgIpc) is 2.12. The number of nitrogens with one attached hydrogen (secondary N) is 1. The molecule has 0 aliphatic rings. The lowest BCUT2D eigenvalue weighted by atomic mass is 9.83. The van der Waals surface area contributed by atoms with Gasteiger partial charge in [0, 0.05) is 0 Å². The third-order valence-corrected chi connectivity index (χ3v) is 2.73. The highest BCUT2D eigenvalue weighted by Gasteiger charge is 2.40. The minimum absolute atomic E-state index is 0.237. The summed E-state index contributed by atoms with van der Waals surface area (Å²) in [4.78, 5) is 22.4. The third kappa shape index (κ3) is 3.06. The second kappa shape index (κ2) is 5.30. The van der Waals surface area contributed by atoms with Crippen LogP contribution in [0.3, 0.4) is 0 Å². The molecule has 2 atom stereocenters. The molecule has 15 heavy (non-hydrogen) atoms. The van der Waals surface area contributed by atoms with Crippen molar-refractivity contribution in [1.29, 1.82) is 0 Å². The molecule has 3 N–H and O–H groups in total. The summed E-state index contributed by atoms with van der Waals surface area (Å²) in [6, 6.07) is 0. The predicted molar refractivity (Wildman–Crippen MR) is 55.9 cm³/mol. The number of carbonyl (C=O) groups excluding carboxylic acids is 2. The molecule has 0 aliphatic carbocycles. The zero-order chi connectivity index (χ0) is 12.2. The zero-order valence-corrected chi connectivity index (χ0v) is 9.77. The summed E-state index contributed by atoms with van der Waals surface area (Å²) in [6.07, 6.45) is 0.287. The Kier molecular flexibility index (Phi) is 5.00. The smallest absolute Gasteiger partial charge is 0.271 e. The van der Waals surface area contributed by atoms with Gasteiger partial charge in [0.05, 0.1) is 0 Å². The molecule has 4 nitrogen and oxygen atoms in total. The van der Waals surface area contributed by atoms with E-state index in [1.807, 2.05) is 0 Å². The van der Waals surface area contributed by atoms with Gasteiger partial charge in [0.2, 0.25) is 5.91 Å². The molecule has 0 saturated carbocycles. The maximum atomic E-state index is 12.5. The van der Waals surface area contributed by atoms with E-state index >= 15 is 0 Å². The first-order valence-electron chi connectivity index (χ1n) is 4.68. The van der Waals surface area contributed by atoms with Gasteiger partial charge in [0.25, 0.3) is 11.5 Å². The Hall–Kier alpha value is -0.840. The van der Waals surface area contributed by atoms with Gasteiger partial charge < -0.3 is 11.1 Å². The van der Waals surface area contributed by atoms with E-state index in [0.29, 0.717) is 0 Å². The van der Waals surface area contributed by atoms with Crippen molar-refractivity contribution in [2.45, 2.75) is 38.4 Å². The van der Waals surface area contributed by atoms with Crippen molar-refractivity contribution >= 4 is 23.4 Å². The van der Waals surface area contributed by atoms with Gasteiger partial charge in [-0.2, -0.15) is 0 Å². The van der Waals surface area contributed by atoms with Crippen LogP contribution in [-0.2, 0) is 9.59 Å². The summed E-state index contributed by atoms with van der Waals surface area (Å²) in [6.45, 7) is 5.12. The van der Waals surface area contributed by atoms with Gasteiger partial charge in [-0.3, -0.25) is 9.59 Å². The number of hydrogen-bond acceptors (Lipinski definition) is 2. The third-order valence-electron chi connectivity index (χ3n) is 2.53. The summed E-state index contributed by atoms with van der Waals surface area (Å²) in [5.41, 5.74) is 1.80. The highest BCUT2D eigenvalue weighted by Crippen LogP contribution is 2.21. The van der Waals surface area contributed by atoms with Gasteiger partial charge in [-0.1, -0.05) is 32.4 Å². The topological polar surface area (TPSA) is 72.2 Å². The molecule has 0 heterocycles. The molecule has 0 aliphatic heterocycles. The van der Waals surface area contributed by atoms with Gasteiger partial charge in [-0.15, -0.1) is 0 Å². The molecule has 0 spiro atoms. The molecule has 0 bridgehead atoms. The molecule has 2 amide bonds. The first-order chi connectivity index (χ1) is 6.77. The number of halogens is 2. The van der Waals surface area contributed by atoms with Crippen LogP contribution in [0.4, 0.5) is 4.39 Å². The largest absolute Gasteiger partial charge is 0.368 e. The van der Waals surface area contributed by atoms with Crippen LogP contribution in [0.5, 0.6) is 0 Å². The van der Waals surface area contributed by atoms with Crippen molar-refractivity contribution in [3.05, 3.63) is 0 Å². The number of carbonyl (C=O) groups is 2. The van der Waals surface area contributed by atoms with Crippen LogP contribution >= 0.6 is 11.6 Å². The van der Waals surface area contributed by atoms with E-state index in [2.05, 4.69) is 5.32 Å². The summed E-state index contributed by atoms with van der Waals surface area (Å²) in [5.74, 6) is -1.96. The van der Waals surface area contributed by atoms with Gasteiger partial charge in [-0.25, -0.2) is 4.39 Å². The first kappa shape index (κ1) is 14.2. The van der Waals surface area contributed by atoms with E-state index in [4.69, 9.17) is 17.3 Å². The number of hydrogen-bond donors (Lipinski definition) is 2. The molecule has 0 aromatic heterocycles. The first-order valence-corrected chi connectivity index (χ1v) is 5.11. The van der Waals surface area contributed by atoms with Gasteiger partial charge >= 0.3 is 0 Å². The Morgan fingerprint density at radius 1 is 1.53 bits per heavy atom. The quantitative estimate of drug-likeness (QED) is 0.700. The molecule has 6 heteroatoms. The van der Waals surface area contributed by atoms with E-state index in [9.17, 15) is 14.0 Å². The van der Waals surface area contributed by atoms with Gasteiger partial charge in [0.1, 0.15) is 5.54 Å². The Morgan fingerprint density at radius 3 is 2.20 bits per heavy atom. The lowest BCUT2D eigenvalue weighted by molar-refractivity contribution is -0.134. The number of alkyl halides is 2. The van der Waals surface area contributed by atoms with E-state index in [1.54, 1.807) is 20.8 Å². The summed E-state index contributed by atoms with van der Waals surface area (Å²) in [7, 11) is 0. The van der Waals surface area contributed by atoms with Crippen LogP contribution in [0.2, 0.25) is 0 Å². The lowest BCUT2D eigenvalue weighted by Gasteiger charge is -2.34. The van der Waals surface area contributed by atoms with E-state index < -0.39 is 23.0 Å². The zero-order valence-electron chi connectivity index (χ0n) is 9.01. The van der Waals surface area contributed by atoms with Gasteiger partial charge in [-0.05, 0) is 12.3 Å². The number of rotatable bonds is 5. The fourth-order valence-corrected chi connectivity index (χ4v) is 1.49. The van der Waals surface area contributed by atoms with Crippen molar-refractivity contribution in [1.82, 2.24) is 5.32 Å². The molecule has 0 saturated heterocycles. The Balaban J connectivity index is 4.95. The second-order valence-corrected chi connectivity index (χ2v) is 4.02. The number of amides is 2. The summed E-state index contributed by atoms with van der Waals surface area (Å²) in [5, 5.41) is 2.26. The molecule has 0 rings (SSSR count). The minimum Gasteiger partial charge on any atom is -0.368 e. The fraction of sp³-hybridized carbons (Fsp3) is 0.778. The van der Waals surface area contributed by atoms with Crippen LogP contribution in [-0.4, -0.2) is 23.0 Å². The van der Waals surface area contributed by atoms with E-state index in [1.165, 1.54) is 0 Å². The highest BCUT2D eigenvalue weighted by molar-refractivity contribution is 6.29. The van der Waals surface area contributed by atoms with E-state index in [0.717, 1.165) is 0 Å². The van der Waals surface area contributed by atoms with E-state index in [-0.39, 0.29) is 12.3 Å². The van der Waals surface area contributed by atoms with Crippen molar-refractivity contribution in [3.63, 3.8) is 0 Å². The maximum absolute atomic E-state index is 12.5. The lowest BCUT2D eigenvalue weighted by Crippen LogP contribution is -2.61. The molecular weight excluding hydrogens is 223 g/mol. The molecule has 0 radical (unpaired) electrons. The summed E-state index contributed by atoms with van der Waals surface area (Å²) < 4.78 is 12.5. The fourth-order valence-electron chi connectivity index (χ4n) is 1.44. The number of primary amides is 1. The van der Waals surface area contributed by atoms with Gasteiger partial charge in [0.15, 0.2) is 0 Å². The standard InChI is InChI=1S/C9H16ClFN2O2/c1-4-9(5(2)3,8(12)15)13-7(14)6(10)11/h5-6H,4H2,1-3H3,(H2,12,15)(H,13,14).